The molecule has 0 radical (unpaired) electrons. The first kappa shape index (κ1) is 13.4. The third-order valence-corrected chi connectivity index (χ3v) is 3.28. The van der Waals surface area contributed by atoms with E-state index in [0.29, 0.717) is 12.2 Å². The molecule has 1 aliphatic heterocycles. The third-order valence-electron chi connectivity index (χ3n) is 3.28. The highest BCUT2D eigenvalue weighted by atomic mass is 16.4. The van der Waals surface area contributed by atoms with Crippen LogP contribution in [0.15, 0.2) is 18.2 Å². The summed E-state index contributed by atoms with van der Waals surface area (Å²) in [6, 6.07) is 4.82. The Labute approximate surface area is 111 Å². The summed E-state index contributed by atoms with van der Waals surface area (Å²) in [5.41, 5.74) is 7.06. The first-order valence-corrected chi connectivity index (χ1v) is 6.13. The Bertz CT molecular complexity index is 516. The van der Waals surface area contributed by atoms with Crippen LogP contribution in [0.25, 0.3) is 0 Å². The number of anilines is 2. The van der Waals surface area contributed by atoms with E-state index in [1.165, 1.54) is 6.07 Å². The number of hydrogen-bond acceptors (Lipinski definition) is 4. The van der Waals surface area contributed by atoms with Gasteiger partial charge in [0.1, 0.15) is 0 Å². The molecule has 2 rings (SSSR count). The molecule has 102 valence electrons. The molecule has 0 bridgehead atoms. The molecule has 19 heavy (non-hydrogen) atoms. The number of nitrogens with two attached hydrogens (primary N) is 1. The Morgan fingerprint density at radius 2 is 2.05 bits per heavy atom. The topological polar surface area (TPSA) is 86.9 Å². The lowest BCUT2D eigenvalue weighted by Crippen LogP contribution is -2.36. The molecule has 0 aliphatic carbocycles. The van der Waals surface area contributed by atoms with Crippen LogP contribution < -0.4 is 15.5 Å². The van der Waals surface area contributed by atoms with Crippen LogP contribution >= 0.6 is 0 Å². The van der Waals surface area contributed by atoms with Crippen molar-refractivity contribution in [3.05, 3.63) is 23.8 Å². The molecule has 0 saturated carbocycles. The molecule has 0 aromatic heterocycles. The SMILES string of the molecule is CN1CCCN(C(=O)CN)c2cc(C(=O)O)ccc21. The summed E-state index contributed by atoms with van der Waals surface area (Å²) in [5.74, 6) is -1.20. The summed E-state index contributed by atoms with van der Waals surface area (Å²) in [6.45, 7) is 1.28. The number of aromatic carboxylic acids is 1. The van der Waals surface area contributed by atoms with Crippen molar-refractivity contribution >= 4 is 23.3 Å². The van der Waals surface area contributed by atoms with Crippen molar-refractivity contribution in [2.75, 3.05) is 36.5 Å². The van der Waals surface area contributed by atoms with Gasteiger partial charge in [0.15, 0.2) is 0 Å². The Balaban J connectivity index is 2.53. The summed E-state index contributed by atoms with van der Waals surface area (Å²) in [6.07, 6.45) is 0.819. The van der Waals surface area contributed by atoms with Crippen LogP contribution in [0.5, 0.6) is 0 Å². The molecule has 0 fully saturated rings. The highest BCUT2D eigenvalue weighted by Crippen LogP contribution is 2.32. The van der Waals surface area contributed by atoms with Gasteiger partial charge in [0.25, 0.3) is 0 Å². The molecule has 0 saturated heterocycles. The minimum Gasteiger partial charge on any atom is -0.478 e. The zero-order valence-electron chi connectivity index (χ0n) is 10.8. The standard InChI is InChI=1S/C13H17N3O3/c1-15-5-2-6-16(12(17)8-14)11-7-9(13(18)19)3-4-10(11)15/h3-4,7H,2,5-6,8,14H2,1H3,(H,18,19). The Morgan fingerprint density at radius 1 is 1.32 bits per heavy atom. The van der Waals surface area contributed by atoms with E-state index in [9.17, 15) is 9.59 Å². The van der Waals surface area contributed by atoms with Gasteiger partial charge in [0.2, 0.25) is 5.91 Å². The second-order valence-electron chi connectivity index (χ2n) is 4.53. The average molecular weight is 263 g/mol. The lowest BCUT2D eigenvalue weighted by molar-refractivity contribution is -0.117. The van der Waals surface area contributed by atoms with Crippen LogP contribution in [0.1, 0.15) is 16.8 Å². The fraction of sp³-hybridized carbons (Fsp3) is 0.385. The second-order valence-corrected chi connectivity index (χ2v) is 4.53. The normalized spacial score (nSPS) is 14.8. The van der Waals surface area contributed by atoms with E-state index in [1.54, 1.807) is 17.0 Å². The number of carbonyl (C=O) groups is 2. The largest absolute Gasteiger partial charge is 0.478 e. The molecule has 6 heteroatoms. The molecule has 6 nitrogen and oxygen atoms in total. The van der Waals surface area contributed by atoms with E-state index in [0.717, 1.165) is 18.7 Å². The summed E-state index contributed by atoms with van der Waals surface area (Å²) < 4.78 is 0. The summed E-state index contributed by atoms with van der Waals surface area (Å²) in [4.78, 5) is 26.6. The number of amides is 1. The first-order valence-electron chi connectivity index (χ1n) is 6.13. The number of carboxylic acid groups (broad SMARTS) is 1. The van der Waals surface area contributed by atoms with Crippen LogP contribution in [0.2, 0.25) is 0 Å². The molecule has 1 aromatic rings. The van der Waals surface area contributed by atoms with Crippen molar-refractivity contribution in [3.8, 4) is 0 Å². The predicted octanol–water partition coefficient (Wildman–Crippen LogP) is 0.516. The maximum atomic E-state index is 11.9. The summed E-state index contributed by atoms with van der Waals surface area (Å²) in [7, 11) is 1.93. The third kappa shape index (κ3) is 2.53. The maximum Gasteiger partial charge on any atom is 0.335 e. The monoisotopic (exact) mass is 263 g/mol. The van der Waals surface area contributed by atoms with Crippen molar-refractivity contribution in [2.45, 2.75) is 6.42 Å². The van der Waals surface area contributed by atoms with Gasteiger partial charge in [0.05, 0.1) is 23.5 Å². The van der Waals surface area contributed by atoms with Crippen molar-refractivity contribution < 1.29 is 14.7 Å². The lowest BCUT2D eigenvalue weighted by Gasteiger charge is -2.24. The van der Waals surface area contributed by atoms with E-state index in [-0.39, 0.29) is 18.0 Å². The Hall–Kier alpha value is -2.08. The summed E-state index contributed by atoms with van der Waals surface area (Å²) >= 11 is 0. The van der Waals surface area contributed by atoms with E-state index in [1.807, 2.05) is 11.9 Å². The molecule has 0 spiro atoms. The van der Waals surface area contributed by atoms with Gasteiger partial charge in [-0.2, -0.15) is 0 Å². The Kier molecular flexibility index (Phi) is 3.71. The van der Waals surface area contributed by atoms with Gasteiger partial charge in [0, 0.05) is 20.1 Å². The minimum atomic E-state index is -1.00. The number of carboxylic acids is 1. The quantitative estimate of drug-likeness (QED) is 0.812. The average Bonchev–Trinajstić information content (AvgIpc) is 2.57. The van der Waals surface area contributed by atoms with Crippen LogP contribution in [-0.4, -0.2) is 43.7 Å². The van der Waals surface area contributed by atoms with Gasteiger partial charge < -0.3 is 20.6 Å². The molecule has 1 aliphatic rings. The van der Waals surface area contributed by atoms with Crippen LogP contribution in [-0.2, 0) is 4.79 Å². The van der Waals surface area contributed by atoms with Crippen molar-refractivity contribution in [2.24, 2.45) is 5.73 Å². The zero-order chi connectivity index (χ0) is 14.0. The fourth-order valence-corrected chi connectivity index (χ4v) is 2.27. The van der Waals surface area contributed by atoms with Crippen LogP contribution in [0, 0.1) is 0 Å². The van der Waals surface area contributed by atoms with Gasteiger partial charge >= 0.3 is 5.97 Å². The highest BCUT2D eigenvalue weighted by molar-refractivity contribution is 6.00. The van der Waals surface area contributed by atoms with Crippen LogP contribution in [0.4, 0.5) is 11.4 Å². The van der Waals surface area contributed by atoms with Crippen molar-refractivity contribution in [3.63, 3.8) is 0 Å². The predicted molar refractivity (Wildman–Crippen MR) is 72.7 cm³/mol. The van der Waals surface area contributed by atoms with Crippen molar-refractivity contribution in [1.82, 2.24) is 0 Å². The number of hydrogen-bond donors (Lipinski definition) is 2. The molecule has 1 amide bonds. The molecular formula is C13H17N3O3. The van der Waals surface area contributed by atoms with Gasteiger partial charge in [-0.25, -0.2) is 4.79 Å². The molecular weight excluding hydrogens is 246 g/mol. The second kappa shape index (κ2) is 5.27. The molecule has 0 unspecified atom stereocenters. The number of benzene rings is 1. The van der Waals surface area contributed by atoms with Gasteiger partial charge in [-0.15, -0.1) is 0 Å². The number of fused-ring (bicyclic) bond motifs is 1. The molecule has 0 atom stereocenters. The number of rotatable bonds is 2. The van der Waals surface area contributed by atoms with Gasteiger partial charge in [-0.3, -0.25) is 4.79 Å². The van der Waals surface area contributed by atoms with Gasteiger partial charge in [-0.1, -0.05) is 0 Å². The smallest absolute Gasteiger partial charge is 0.335 e. The maximum absolute atomic E-state index is 11.9. The van der Waals surface area contributed by atoms with Gasteiger partial charge in [-0.05, 0) is 24.6 Å². The number of carbonyl (C=O) groups excluding carboxylic acids is 1. The highest BCUT2D eigenvalue weighted by Gasteiger charge is 2.23. The Morgan fingerprint density at radius 3 is 2.68 bits per heavy atom. The molecule has 1 heterocycles. The molecule has 3 N–H and O–H groups in total. The van der Waals surface area contributed by atoms with Crippen molar-refractivity contribution in [1.29, 1.82) is 0 Å². The first-order chi connectivity index (χ1) is 9.04. The van der Waals surface area contributed by atoms with E-state index in [2.05, 4.69) is 0 Å². The van der Waals surface area contributed by atoms with Crippen LogP contribution in [0.3, 0.4) is 0 Å². The van der Waals surface area contributed by atoms with E-state index < -0.39 is 5.97 Å². The zero-order valence-corrected chi connectivity index (χ0v) is 10.8. The van der Waals surface area contributed by atoms with E-state index >= 15 is 0 Å². The van der Waals surface area contributed by atoms with E-state index in [4.69, 9.17) is 10.8 Å². The molecule has 1 aromatic carbocycles. The lowest BCUT2D eigenvalue weighted by atomic mass is 10.1. The number of nitrogens with zero attached hydrogens (tertiary/aromatic N) is 2. The fourth-order valence-electron chi connectivity index (χ4n) is 2.27. The summed E-state index contributed by atoms with van der Waals surface area (Å²) in [5, 5.41) is 9.06. The minimum absolute atomic E-state index is 0.0829.